The number of amides is 1. The molecule has 1 heterocycles. The second-order valence-corrected chi connectivity index (χ2v) is 6.07. The van der Waals surface area contributed by atoms with Gasteiger partial charge in [-0.15, -0.1) is 10.2 Å². The topological polar surface area (TPSA) is 64.1 Å². The number of aromatic nitrogens is 2. The smallest absolute Gasteiger partial charge is 0.264 e. The van der Waals surface area contributed by atoms with E-state index in [9.17, 15) is 4.79 Å². The van der Waals surface area contributed by atoms with E-state index < -0.39 is 0 Å². The van der Waals surface area contributed by atoms with Crippen LogP contribution in [0.2, 0.25) is 10.0 Å². The first-order chi connectivity index (χ1) is 10.1. The van der Waals surface area contributed by atoms with Gasteiger partial charge in [0.25, 0.3) is 5.91 Å². The first-order valence-corrected chi connectivity index (χ1v) is 7.86. The van der Waals surface area contributed by atoms with Crippen molar-refractivity contribution in [2.75, 3.05) is 11.9 Å². The van der Waals surface area contributed by atoms with E-state index in [4.69, 9.17) is 27.9 Å². The number of ether oxygens (including phenoxy) is 1. The highest BCUT2D eigenvalue weighted by atomic mass is 35.5. The maximum absolute atomic E-state index is 11.8. The summed E-state index contributed by atoms with van der Waals surface area (Å²) in [5.41, 5.74) is 0. The largest absolute Gasteiger partial charge is 0.482 e. The van der Waals surface area contributed by atoms with Crippen molar-refractivity contribution in [3.8, 4) is 5.75 Å². The number of carbonyl (C=O) groups is 1. The van der Waals surface area contributed by atoms with Crippen LogP contribution >= 0.6 is 34.5 Å². The number of benzene rings is 1. The molecule has 0 fully saturated rings. The van der Waals surface area contributed by atoms with Crippen molar-refractivity contribution in [3.05, 3.63) is 33.3 Å². The minimum atomic E-state index is -0.328. The van der Waals surface area contributed by atoms with E-state index in [0.29, 0.717) is 20.9 Å². The summed E-state index contributed by atoms with van der Waals surface area (Å²) in [4.78, 5) is 11.8. The van der Waals surface area contributed by atoms with Crippen LogP contribution in [0.1, 0.15) is 18.4 Å². The second-order valence-electron chi connectivity index (χ2n) is 4.16. The van der Waals surface area contributed by atoms with Crippen LogP contribution in [0, 0.1) is 0 Å². The van der Waals surface area contributed by atoms with Gasteiger partial charge in [-0.1, -0.05) is 41.5 Å². The quantitative estimate of drug-likeness (QED) is 0.864. The molecule has 0 aliphatic heterocycles. The number of nitrogens with one attached hydrogen (secondary N) is 1. The van der Waals surface area contributed by atoms with Gasteiger partial charge < -0.3 is 4.74 Å². The number of nitrogens with zero attached hydrogens (tertiary/aromatic N) is 2. The Morgan fingerprint density at radius 3 is 2.95 bits per heavy atom. The monoisotopic (exact) mass is 345 g/mol. The number of carbonyl (C=O) groups excluding carboxylic acids is 1. The predicted molar refractivity (Wildman–Crippen MR) is 84.5 cm³/mol. The first-order valence-electron chi connectivity index (χ1n) is 6.28. The van der Waals surface area contributed by atoms with Gasteiger partial charge in [0.05, 0.1) is 5.02 Å². The molecule has 8 heteroatoms. The maximum atomic E-state index is 11.8. The molecule has 21 heavy (non-hydrogen) atoms. The predicted octanol–water partition coefficient (Wildman–Crippen LogP) is 3.81. The van der Waals surface area contributed by atoms with E-state index >= 15 is 0 Å². The van der Waals surface area contributed by atoms with Gasteiger partial charge in [-0.25, -0.2) is 0 Å². The van der Waals surface area contributed by atoms with Crippen molar-refractivity contribution >= 4 is 45.6 Å². The minimum absolute atomic E-state index is 0.178. The molecule has 0 atom stereocenters. The average molecular weight is 346 g/mol. The molecule has 0 unspecified atom stereocenters. The van der Waals surface area contributed by atoms with Gasteiger partial charge in [0.15, 0.2) is 6.61 Å². The number of aryl methyl sites for hydroxylation is 1. The summed E-state index contributed by atoms with van der Waals surface area (Å²) in [6.45, 7) is 1.88. The molecule has 2 rings (SSSR count). The molecule has 0 radical (unpaired) electrons. The minimum Gasteiger partial charge on any atom is -0.482 e. The molecule has 5 nitrogen and oxygen atoms in total. The molecule has 112 valence electrons. The van der Waals surface area contributed by atoms with Crippen LogP contribution in [0.3, 0.4) is 0 Å². The Hall–Kier alpha value is -1.37. The standard InChI is InChI=1S/C13H13Cl2N3O2S/c1-2-3-12-17-18-13(21-12)16-11(19)7-20-10-6-8(14)4-5-9(10)15/h4-6H,2-3,7H2,1H3,(H,16,18,19). The van der Waals surface area contributed by atoms with Crippen molar-refractivity contribution < 1.29 is 9.53 Å². The Morgan fingerprint density at radius 1 is 1.38 bits per heavy atom. The zero-order valence-electron chi connectivity index (χ0n) is 11.2. The Balaban J connectivity index is 1.88. The highest BCUT2D eigenvalue weighted by molar-refractivity contribution is 7.15. The van der Waals surface area contributed by atoms with Crippen molar-refractivity contribution in [3.63, 3.8) is 0 Å². The third-order valence-corrected chi connectivity index (χ3v) is 3.87. The van der Waals surface area contributed by atoms with E-state index in [1.54, 1.807) is 18.2 Å². The lowest BCUT2D eigenvalue weighted by Gasteiger charge is -2.07. The lowest BCUT2D eigenvalue weighted by molar-refractivity contribution is -0.118. The van der Waals surface area contributed by atoms with Crippen molar-refractivity contribution in [2.45, 2.75) is 19.8 Å². The van der Waals surface area contributed by atoms with Crippen molar-refractivity contribution in [1.29, 1.82) is 0 Å². The van der Waals surface area contributed by atoms with Gasteiger partial charge in [-0.05, 0) is 18.6 Å². The van der Waals surface area contributed by atoms with Gasteiger partial charge >= 0.3 is 0 Å². The second kappa shape index (κ2) is 7.59. The Labute approximate surface area is 136 Å². The molecular formula is C13H13Cl2N3O2S. The van der Waals surface area contributed by atoms with Crippen molar-refractivity contribution in [1.82, 2.24) is 10.2 Å². The fourth-order valence-electron chi connectivity index (χ4n) is 1.51. The maximum Gasteiger partial charge on any atom is 0.264 e. The Morgan fingerprint density at radius 2 is 2.19 bits per heavy atom. The van der Waals surface area contributed by atoms with Crippen LogP contribution in [0.5, 0.6) is 5.75 Å². The Bertz CT molecular complexity index is 634. The van der Waals surface area contributed by atoms with Crippen molar-refractivity contribution in [2.24, 2.45) is 0 Å². The van der Waals surface area contributed by atoms with Crippen LogP contribution in [-0.2, 0) is 11.2 Å². The molecule has 2 aromatic rings. The summed E-state index contributed by atoms with van der Waals surface area (Å²) in [5, 5.41) is 12.7. The third-order valence-electron chi connectivity index (χ3n) is 2.43. The van der Waals surface area contributed by atoms with E-state index in [1.807, 2.05) is 0 Å². The lowest BCUT2D eigenvalue weighted by Crippen LogP contribution is -2.20. The summed E-state index contributed by atoms with van der Waals surface area (Å²) in [7, 11) is 0. The van der Waals surface area contributed by atoms with Crippen LogP contribution in [-0.4, -0.2) is 22.7 Å². The van der Waals surface area contributed by atoms with Gasteiger partial charge in [0.1, 0.15) is 10.8 Å². The summed E-state index contributed by atoms with van der Waals surface area (Å²) < 4.78 is 5.33. The third kappa shape index (κ3) is 4.84. The molecule has 1 aromatic carbocycles. The van der Waals surface area contributed by atoms with Gasteiger partial charge in [-0.3, -0.25) is 10.1 Å². The molecular weight excluding hydrogens is 333 g/mol. The zero-order chi connectivity index (χ0) is 15.2. The van der Waals surface area contributed by atoms with E-state index in [2.05, 4.69) is 22.4 Å². The molecule has 1 amide bonds. The van der Waals surface area contributed by atoms with E-state index in [1.165, 1.54) is 11.3 Å². The number of hydrogen-bond donors (Lipinski definition) is 1. The molecule has 0 spiro atoms. The highest BCUT2D eigenvalue weighted by Crippen LogP contribution is 2.27. The van der Waals surface area contributed by atoms with Gasteiger partial charge in [0, 0.05) is 17.5 Å². The van der Waals surface area contributed by atoms with Crippen LogP contribution in [0.25, 0.3) is 0 Å². The lowest BCUT2D eigenvalue weighted by atomic mass is 10.3. The fraction of sp³-hybridized carbons (Fsp3) is 0.308. The number of anilines is 1. The first kappa shape index (κ1) is 16.0. The molecule has 0 aliphatic carbocycles. The molecule has 0 aliphatic rings. The zero-order valence-corrected chi connectivity index (χ0v) is 13.6. The number of hydrogen-bond acceptors (Lipinski definition) is 5. The van der Waals surface area contributed by atoms with Crippen LogP contribution < -0.4 is 10.1 Å². The van der Waals surface area contributed by atoms with Crippen LogP contribution in [0.4, 0.5) is 5.13 Å². The number of halogens is 2. The number of rotatable bonds is 6. The molecule has 1 aromatic heterocycles. The average Bonchev–Trinajstić information content (AvgIpc) is 2.87. The van der Waals surface area contributed by atoms with E-state index in [0.717, 1.165) is 17.8 Å². The molecule has 1 N–H and O–H groups in total. The highest BCUT2D eigenvalue weighted by Gasteiger charge is 2.10. The Kier molecular flexibility index (Phi) is 5.78. The summed E-state index contributed by atoms with van der Waals surface area (Å²) >= 11 is 13.1. The SMILES string of the molecule is CCCc1nnc(NC(=O)COc2cc(Cl)ccc2Cl)s1. The summed E-state index contributed by atoms with van der Waals surface area (Å²) in [6, 6.07) is 4.81. The van der Waals surface area contributed by atoms with E-state index in [-0.39, 0.29) is 12.5 Å². The molecule has 0 saturated heterocycles. The summed E-state index contributed by atoms with van der Waals surface area (Å²) in [5.74, 6) is 0.0356. The fourth-order valence-corrected chi connectivity index (χ4v) is 2.70. The molecule has 0 bridgehead atoms. The van der Waals surface area contributed by atoms with Gasteiger partial charge in [-0.2, -0.15) is 0 Å². The summed E-state index contributed by atoms with van der Waals surface area (Å²) in [6.07, 6.45) is 1.83. The van der Waals surface area contributed by atoms with Crippen LogP contribution in [0.15, 0.2) is 18.2 Å². The van der Waals surface area contributed by atoms with Gasteiger partial charge in [0.2, 0.25) is 5.13 Å². The normalized spacial score (nSPS) is 10.4. The molecule has 0 saturated carbocycles.